The van der Waals surface area contributed by atoms with Gasteiger partial charge in [0.2, 0.25) is 0 Å². The summed E-state index contributed by atoms with van der Waals surface area (Å²) in [6.07, 6.45) is 5.76. The molecule has 0 aliphatic carbocycles. The molecule has 2 aromatic heterocycles. The third-order valence-electron chi connectivity index (χ3n) is 3.80. The van der Waals surface area contributed by atoms with Crippen LogP contribution in [-0.4, -0.2) is 14.5 Å². The number of para-hydroxylation sites is 1. The first-order valence-corrected chi connectivity index (χ1v) is 7.53. The molecule has 0 unspecified atom stereocenters. The van der Waals surface area contributed by atoms with Gasteiger partial charge in [-0.1, -0.05) is 39.0 Å². The molecule has 0 bridgehead atoms. The molecule has 0 aliphatic heterocycles. The van der Waals surface area contributed by atoms with E-state index >= 15 is 0 Å². The van der Waals surface area contributed by atoms with Gasteiger partial charge in [-0.25, -0.2) is 4.98 Å². The van der Waals surface area contributed by atoms with E-state index in [0.29, 0.717) is 0 Å². The van der Waals surface area contributed by atoms with E-state index < -0.39 is 0 Å². The Morgan fingerprint density at radius 2 is 1.73 bits per heavy atom. The largest absolute Gasteiger partial charge is 0.300 e. The highest BCUT2D eigenvalue weighted by atomic mass is 15.1. The highest BCUT2D eigenvalue weighted by Gasteiger charge is 2.18. The van der Waals surface area contributed by atoms with Crippen LogP contribution >= 0.6 is 0 Å². The summed E-state index contributed by atoms with van der Waals surface area (Å²) in [7, 11) is 0. The number of nitrogens with zero attached hydrogens (tertiary/aromatic N) is 3. The minimum absolute atomic E-state index is 0.0537. The molecule has 0 amide bonds. The zero-order chi connectivity index (χ0) is 15.7. The van der Waals surface area contributed by atoms with Crippen molar-refractivity contribution in [2.75, 3.05) is 0 Å². The second kappa shape index (κ2) is 5.41. The van der Waals surface area contributed by atoms with Crippen LogP contribution in [0.4, 0.5) is 0 Å². The number of hydrogen-bond acceptors (Lipinski definition) is 2. The molecule has 0 atom stereocenters. The van der Waals surface area contributed by atoms with Crippen molar-refractivity contribution >= 4 is 0 Å². The second-order valence-corrected chi connectivity index (χ2v) is 6.59. The van der Waals surface area contributed by atoms with Gasteiger partial charge in [0.15, 0.2) is 0 Å². The van der Waals surface area contributed by atoms with Crippen molar-refractivity contribution in [3.63, 3.8) is 0 Å². The van der Waals surface area contributed by atoms with Crippen LogP contribution in [0.2, 0.25) is 0 Å². The summed E-state index contributed by atoms with van der Waals surface area (Å²) in [4.78, 5) is 9.19. The molecule has 22 heavy (non-hydrogen) atoms. The van der Waals surface area contributed by atoms with E-state index in [0.717, 1.165) is 22.8 Å². The average Bonchev–Trinajstić information content (AvgIpc) is 2.96. The lowest BCUT2D eigenvalue weighted by atomic mass is 9.90. The Bertz CT molecular complexity index is 780. The maximum Gasteiger partial charge on any atom is 0.146 e. The van der Waals surface area contributed by atoms with Gasteiger partial charge >= 0.3 is 0 Å². The first-order chi connectivity index (χ1) is 10.5. The highest BCUT2D eigenvalue weighted by Crippen LogP contribution is 2.27. The van der Waals surface area contributed by atoms with Gasteiger partial charge in [0.1, 0.15) is 5.82 Å². The number of aryl methyl sites for hydroxylation is 1. The molecule has 3 nitrogen and oxygen atoms in total. The average molecular weight is 291 g/mol. The van der Waals surface area contributed by atoms with Gasteiger partial charge in [0.25, 0.3) is 0 Å². The third-order valence-corrected chi connectivity index (χ3v) is 3.80. The standard InChI is InChI=1S/C19H21N3/c1-14-12-17(19(2,3)4)21-13-16(14)18-20-10-11-22(18)15-8-6-5-7-9-15/h5-13H,1-4H3. The molecule has 0 saturated carbocycles. The molecular weight excluding hydrogens is 270 g/mol. The van der Waals surface area contributed by atoms with Crippen molar-refractivity contribution in [3.05, 3.63) is 66.2 Å². The molecule has 112 valence electrons. The fraction of sp³-hybridized carbons (Fsp3) is 0.263. The highest BCUT2D eigenvalue weighted by molar-refractivity contribution is 5.62. The maximum atomic E-state index is 4.65. The van der Waals surface area contributed by atoms with Crippen LogP contribution in [0.1, 0.15) is 32.0 Å². The lowest BCUT2D eigenvalue weighted by molar-refractivity contribution is 0.568. The third kappa shape index (κ3) is 2.67. The molecule has 0 radical (unpaired) electrons. The van der Waals surface area contributed by atoms with Crippen LogP contribution in [0, 0.1) is 6.92 Å². The number of benzene rings is 1. The molecule has 3 aromatic rings. The lowest BCUT2D eigenvalue weighted by Crippen LogP contribution is -2.14. The Morgan fingerprint density at radius 3 is 2.36 bits per heavy atom. The topological polar surface area (TPSA) is 30.7 Å². The van der Waals surface area contributed by atoms with Crippen molar-refractivity contribution in [1.29, 1.82) is 0 Å². The van der Waals surface area contributed by atoms with E-state index in [4.69, 9.17) is 0 Å². The monoisotopic (exact) mass is 291 g/mol. The molecule has 0 aliphatic rings. The summed E-state index contributed by atoms with van der Waals surface area (Å²) in [5.74, 6) is 0.927. The molecule has 3 heteroatoms. The van der Waals surface area contributed by atoms with Gasteiger partial charge in [-0.15, -0.1) is 0 Å². The van der Waals surface area contributed by atoms with Crippen molar-refractivity contribution in [2.45, 2.75) is 33.1 Å². The summed E-state index contributed by atoms with van der Waals surface area (Å²) in [6, 6.07) is 12.4. The van der Waals surface area contributed by atoms with E-state index in [2.05, 4.69) is 60.4 Å². The van der Waals surface area contributed by atoms with Gasteiger partial charge in [-0.05, 0) is 30.7 Å². The molecule has 0 saturated heterocycles. The number of pyridine rings is 1. The number of hydrogen-bond donors (Lipinski definition) is 0. The van der Waals surface area contributed by atoms with Crippen molar-refractivity contribution in [2.24, 2.45) is 0 Å². The van der Waals surface area contributed by atoms with E-state index in [1.54, 1.807) is 0 Å². The van der Waals surface area contributed by atoms with Crippen molar-refractivity contribution in [1.82, 2.24) is 14.5 Å². The van der Waals surface area contributed by atoms with Crippen LogP contribution in [-0.2, 0) is 5.41 Å². The molecular formula is C19H21N3. The Labute approximate surface area is 131 Å². The first-order valence-electron chi connectivity index (χ1n) is 7.53. The zero-order valence-electron chi connectivity index (χ0n) is 13.5. The summed E-state index contributed by atoms with van der Waals surface area (Å²) in [6.45, 7) is 8.66. The van der Waals surface area contributed by atoms with Gasteiger partial charge in [0, 0.05) is 41.0 Å². The summed E-state index contributed by atoms with van der Waals surface area (Å²) in [5, 5.41) is 0. The molecule has 0 N–H and O–H groups in total. The zero-order valence-corrected chi connectivity index (χ0v) is 13.5. The Kier molecular flexibility index (Phi) is 3.57. The summed E-state index contributed by atoms with van der Waals surface area (Å²) >= 11 is 0. The van der Waals surface area contributed by atoms with Gasteiger partial charge in [-0.2, -0.15) is 0 Å². The lowest BCUT2D eigenvalue weighted by Gasteiger charge is -2.19. The van der Waals surface area contributed by atoms with Crippen LogP contribution in [0.5, 0.6) is 0 Å². The fourth-order valence-electron chi connectivity index (χ4n) is 2.50. The number of aromatic nitrogens is 3. The summed E-state index contributed by atoms with van der Waals surface area (Å²) < 4.78 is 2.10. The fourth-order valence-corrected chi connectivity index (χ4v) is 2.50. The van der Waals surface area contributed by atoms with Gasteiger partial charge in [0.05, 0.1) is 0 Å². The quantitative estimate of drug-likeness (QED) is 0.694. The van der Waals surface area contributed by atoms with E-state index in [1.165, 1.54) is 5.56 Å². The molecule has 0 spiro atoms. The van der Waals surface area contributed by atoms with Crippen molar-refractivity contribution < 1.29 is 0 Å². The Hall–Kier alpha value is -2.42. The number of imidazole rings is 1. The normalized spacial score (nSPS) is 11.6. The van der Waals surface area contributed by atoms with Crippen LogP contribution < -0.4 is 0 Å². The van der Waals surface area contributed by atoms with Gasteiger partial charge < -0.3 is 0 Å². The smallest absolute Gasteiger partial charge is 0.146 e. The van der Waals surface area contributed by atoms with Crippen LogP contribution in [0.3, 0.4) is 0 Å². The SMILES string of the molecule is Cc1cc(C(C)(C)C)ncc1-c1nccn1-c1ccccc1. The predicted molar refractivity (Wildman–Crippen MR) is 90.2 cm³/mol. The van der Waals surface area contributed by atoms with Crippen LogP contribution in [0.25, 0.3) is 17.1 Å². The Balaban J connectivity index is 2.09. The second-order valence-electron chi connectivity index (χ2n) is 6.59. The first kappa shape index (κ1) is 14.5. The molecule has 0 fully saturated rings. The Morgan fingerprint density at radius 1 is 1.00 bits per heavy atom. The summed E-state index contributed by atoms with van der Waals surface area (Å²) in [5.41, 5.74) is 4.53. The maximum absolute atomic E-state index is 4.65. The molecule has 3 rings (SSSR count). The van der Waals surface area contributed by atoms with Crippen LogP contribution in [0.15, 0.2) is 55.0 Å². The molecule has 2 heterocycles. The van der Waals surface area contributed by atoms with E-state index in [9.17, 15) is 0 Å². The minimum atomic E-state index is 0.0537. The van der Waals surface area contributed by atoms with E-state index in [-0.39, 0.29) is 5.41 Å². The number of rotatable bonds is 2. The minimum Gasteiger partial charge on any atom is -0.300 e. The van der Waals surface area contributed by atoms with Crippen molar-refractivity contribution in [3.8, 4) is 17.1 Å². The van der Waals surface area contributed by atoms with E-state index in [1.807, 2.05) is 36.8 Å². The molecule has 1 aromatic carbocycles. The predicted octanol–water partition coefficient (Wildman–Crippen LogP) is 4.54. The van der Waals surface area contributed by atoms with Gasteiger partial charge in [-0.3, -0.25) is 9.55 Å².